The highest BCUT2D eigenvalue weighted by Crippen LogP contribution is 2.31. The summed E-state index contributed by atoms with van der Waals surface area (Å²) in [6.07, 6.45) is 5.90. The molecule has 2 saturated heterocycles. The number of aryl methyl sites for hydroxylation is 1. The van der Waals surface area contributed by atoms with E-state index in [0.717, 1.165) is 43.8 Å². The van der Waals surface area contributed by atoms with Crippen molar-refractivity contribution in [3.63, 3.8) is 0 Å². The van der Waals surface area contributed by atoms with Crippen LogP contribution in [0.15, 0.2) is 36.7 Å². The zero-order chi connectivity index (χ0) is 27.8. The lowest BCUT2D eigenvalue weighted by atomic mass is 10.0. The Hall–Kier alpha value is -3.83. The van der Waals surface area contributed by atoms with Gasteiger partial charge in [0.15, 0.2) is 5.82 Å². The summed E-state index contributed by atoms with van der Waals surface area (Å²) in [5, 5.41) is 11.9. The molecule has 0 unspecified atom stereocenters. The normalized spacial score (nSPS) is 19.9. The number of halogens is 1. The highest BCUT2D eigenvalue weighted by atomic mass is 19.1. The topological polar surface area (TPSA) is 100 Å². The summed E-state index contributed by atoms with van der Waals surface area (Å²) in [5.41, 5.74) is 2.45. The first-order valence-electron chi connectivity index (χ1n) is 13.9. The molecule has 2 aromatic heterocycles. The lowest BCUT2D eigenvalue weighted by Crippen LogP contribution is -2.54. The quantitative estimate of drug-likeness (QED) is 0.363. The largest absolute Gasteiger partial charge is 0.462 e. The number of rotatable bonds is 7. The number of likely N-dealkylation sites (tertiary alicyclic amines) is 1. The van der Waals surface area contributed by atoms with Crippen LogP contribution in [0.4, 0.5) is 15.8 Å². The first-order chi connectivity index (χ1) is 19.3. The van der Waals surface area contributed by atoms with E-state index in [2.05, 4.69) is 44.4 Å². The Kier molecular flexibility index (Phi) is 7.24. The zero-order valence-corrected chi connectivity index (χ0v) is 23.2. The third-order valence-corrected chi connectivity index (χ3v) is 7.62. The van der Waals surface area contributed by atoms with Gasteiger partial charge in [0.05, 0.1) is 11.1 Å². The van der Waals surface area contributed by atoms with Crippen LogP contribution in [0.2, 0.25) is 0 Å². The number of nitrogens with one attached hydrogen (secondary N) is 2. The maximum Gasteiger partial charge on any atom is 0.316 e. The second-order valence-corrected chi connectivity index (χ2v) is 11.0. The number of benzene rings is 2. The molecule has 4 heterocycles. The van der Waals surface area contributed by atoms with Gasteiger partial charge < -0.3 is 20.3 Å². The van der Waals surface area contributed by atoms with Gasteiger partial charge in [-0.15, -0.1) is 0 Å². The van der Waals surface area contributed by atoms with Gasteiger partial charge >= 0.3 is 6.01 Å². The minimum absolute atomic E-state index is 0.239. The molecule has 2 aromatic carbocycles. The van der Waals surface area contributed by atoms with Crippen LogP contribution < -0.4 is 20.3 Å². The molecule has 2 aliphatic rings. The van der Waals surface area contributed by atoms with Crippen LogP contribution in [0.5, 0.6) is 6.01 Å². The van der Waals surface area contributed by atoms with Crippen molar-refractivity contribution in [2.24, 2.45) is 7.05 Å². The number of amides is 1. The third kappa shape index (κ3) is 5.44. The van der Waals surface area contributed by atoms with Gasteiger partial charge in [-0.2, -0.15) is 10.1 Å². The molecular formula is C29H35FN8O2. The maximum absolute atomic E-state index is 14.7. The van der Waals surface area contributed by atoms with Crippen LogP contribution in [-0.4, -0.2) is 82.0 Å². The van der Waals surface area contributed by atoms with Crippen molar-refractivity contribution in [3.05, 3.63) is 48.0 Å². The molecule has 2 aliphatic heterocycles. The molecule has 6 rings (SSSR count). The minimum Gasteiger partial charge on any atom is -0.462 e. The predicted molar refractivity (Wildman–Crippen MR) is 154 cm³/mol. The number of hydrogen-bond donors (Lipinski definition) is 2. The summed E-state index contributed by atoms with van der Waals surface area (Å²) in [5.74, 6) is -0.880. The fourth-order valence-electron chi connectivity index (χ4n) is 5.90. The molecule has 210 valence electrons. The van der Waals surface area contributed by atoms with E-state index in [1.165, 1.54) is 18.9 Å². The number of anilines is 2. The van der Waals surface area contributed by atoms with Gasteiger partial charge in [0.25, 0.3) is 5.91 Å². The molecule has 0 radical (unpaired) electrons. The van der Waals surface area contributed by atoms with E-state index in [1.807, 2.05) is 6.07 Å². The number of carbonyl (C=O) groups is 1. The molecule has 0 saturated carbocycles. The van der Waals surface area contributed by atoms with E-state index in [9.17, 15) is 9.18 Å². The van der Waals surface area contributed by atoms with Crippen molar-refractivity contribution in [3.8, 4) is 6.01 Å². The van der Waals surface area contributed by atoms with E-state index in [-0.39, 0.29) is 17.4 Å². The van der Waals surface area contributed by atoms with Gasteiger partial charge in [0.1, 0.15) is 12.1 Å². The summed E-state index contributed by atoms with van der Waals surface area (Å²) in [7, 11) is 1.73. The number of aromatic nitrogens is 4. The predicted octanol–water partition coefficient (Wildman–Crippen LogP) is 3.57. The molecule has 1 amide bonds. The van der Waals surface area contributed by atoms with E-state index >= 15 is 0 Å². The molecule has 10 nitrogen and oxygen atoms in total. The lowest BCUT2D eigenvalue weighted by Gasteiger charge is -2.38. The fourth-order valence-corrected chi connectivity index (χ4v) is 5.90. The van der Waals surface area contributed by atoms with Crippen molar-refractivity contribution in [1.29, 1.82) is 0 Å². The van der Waals surface area contributed by atoms with Crippen molar-refractivity contribution in [1.82, 2.24) is 30.0 Å². The van der Waals surface area contributed by atoms with E-state index < -0.39 is 5.82 Å². The van der Waals surface area contributed by atoms with Gasteiger partial charge in [-0.25, -0.2) is 9.37 Å². The number of nitrogens with zero attached hydrogens (tertiary/aromatic N) is 6. The van der Waals surface area contributed by atoms with E-state index in [4.69, 9.17) is 9.72 Å². The van der Waals surface area contributed by atoms with Crippen LogP contribution in [0.25, 0.3) is 21.8 Å². The minimum atomic E-state index is -0.494. The molecular weight excluding hydrogens is 511 g/mol. The lowest BCUT2D eigenvalue weighted by molar-refractivity contribution is 0.102. The standard InChI is InChI=1S/C29H35FN8O2/c1-18-15-38(16-19(2)32-18)25-7-6-22(28(39)33-21-12-20-17-36(3)35-26(20)24(30)13-21)27-23(25)14-31-29(34-27)40-11-10-37-8-4-5-9-37/h6-7,12-14,17-19,32H,4-5,8-11,15-16H2,1-3H3,(H,33,39)/t18-,19-/m1/s1. The molecule has 0 spiro atoms. The molecule has 2 fully saturated rings. The molecule has 2 atom stereocenters. The Balaban J connectivity index is 1.33. The van der Waals surface area contributed by atoms with Crippen LogP contribution in [0.1, 0.15) is 37.0 Å². The second-order valence-electron chi connectivity index (χ2n) is 11.0. The molecule has 40 heavy (non-hydrogen) atoms. The Morgan fingerprint density at radius 3 is 2.70 bits per heavy atom. The van der Waals surface area contributed by atoms with Crippen LogP contribution in [0.3, 0.4) is 0 Å². The van der Waals surface area contributed by atoms with Gasteiger partial charge in [0, 0.05) is 73.3 Å². The van der Waals surface area contributed by atoms with Crippen LogP contribution in [-0.2, 0) is 7.05 Å². The maximum atomic E-state index is 14.7. The number of fused-ring (bicyclic) bond motifs is 2. The van der Waals surface area contributed by atoms with Crippen molar-refractivity contribution < 1.29 is 13.9 Å². The second kappa shape index (κ2) is 11.0. The van der Waals surface area contributed by atoms with Crippen molar-refractivity contribution in [2.75, 3.05) is 49.5 Å². The number of ether oxygens (including phenoxy) is 1. The van der Waals surface area contributed by atoms with Gasteiger partial charge in [-0.1, -0.05) is 0 Å². The number of piperazine rings is 1. The number of carbonyl (C=O) groups excluding carboxylic acids is 1. The highest BCUT2D eigenvalue weighted by Gasteiger charge is 2.25. The first-order valence-corrected chi connectivity index (χ1v) is 13.9. The van der Waals surface area contributed by atoms with Gasteiger partial charge in [-0.05, 0) is 64.0 Å². The Morgan fingerprint density at radius 1 is 1.15 bits per heavy atom. The Morgan fingerprint density at radius 2 is 1.93 bits per heavy atom. The third-order valence-electron chi connectivity index (χ3n) is 7.62. The summed E-state index contributed by atoms with van der Waals surface area (Å²) in [6, 6.07) is 7.60. The summed E-state index contributed by atoms with van der Waals surface area (Å²) >= 11 is 0. The molecule has 11 heteroatoms. The van der Waals surface area contributed by atoms with E-state index in [0.29, 0.717) is 40.8 Å². The fraction of sp³-hybridized carbons (Fsp3) is 0.448. The monoisotopic (exact) mass is 546 g/mol. The zero-order valence-electron chi connectivity index (χ0n) is 23.2. The van der Waals surface area contributed by atoms with Gasteiger partial charge in [0.2, 0.25) is 0 Å². The Bertz CT molecular complexity index is 1540. The summed E-state index contributed by atoms with van der Waals surface area (Å²) < 4.78 is 22.2. The first kappa shape index (κ1) is 26.4. The summed E-state index contributed by atoms with van der Waals surface area (Å²) in [4.78, 5) is 27.5. The smallest absolute Gasteiger partial charge is 0.316 e. The van der Waals surface area contributed by atoms with E-state index in [1.54, 1.807) is 36.3 Å². The molecule has 0 bridgehead atoms. The highest BCUT2D eigenvalue weighted by molar-refractivity contribution is 6.14. The molecule has 0 aliphatic carbocycles. The average Bonchev–Trinajstić information content (AvgIpc) is 3.56. The van der Waals surface area contributed by atoms with Gasteiger partial charge in [-0.3, -0.25) is 14.4 Å². The SMILES string of the molecule is C[C@@H]1CN(c2ccc(C(=O)Nc3cc(F)c4nn(C)cc4c3)c3nc(OCCN4CCCC4)ncc23)C[C@@H](C)N1. The average molecular weight is 547 g/mol. The van der Waals surface area contributed by atoms with Crippen LogP contribution >= 0.6 is 0 Å². The number of hydrogen-bond acceptors (Lipinski definition) is 8. The van der Waals surface area contributed by atoms with Crippen molar-refractivity contribution >= 4 is 39.1 Å². The molecule has 2 N–H and O–H groups in total. The molecule has 4 aromatic rings. The van der Waals surface area contributed by atoms with Crippen molar-refractivity contribution in [2.45, 2.75) is 38.8 Å². The Labute approximate surface area is 232 Å². The van der Waals surface area contributed by atoms with Crippen LogP contribution in [0, 0.1) is 5.82 Å². The summed E-state index contributed by atoms with van der Waals surface area (Å²) in [6.45, 7) is 9.43.